The standard InChI is InChI=1S/C15H29NO2/c16-15(8-4-1-5-9-15)12-18-11-14(17)10-13-6-2-3-7-13/h13-14,17H,1-12,16H2. The molecule has 0 bridgehead atoms. The van der Waals surface area contributed by atoms with Gasteiger partial charge in [0.1, 0.15) is 0 Å². The third kappa shape index (κ3) is 4.52. The molecule has 0 spiro atoms. The molecule has 3 heteroatoms. The van der Waals surface area contributed by atoms with Gasteiger partial charge < -0.3 is 15.6 Å². The Bertz CT molecular complexity index is 233. The molecule has 0 aromatic carbocycles. The van der Waals surface area contributed by atoms with Crippen molar-refractivity contribution in [2.75, 3.05) is 13.2 Å². The molecule has 0 amide bonds. The van der Waals surface area contributed by atoms with E-state index in [1.807, 2.05) is 0 Å². The van der Waals surface area contributed by atoms with E-state index in [0.29, 0.717) is 13.2 Å². The van der Waals surface area contributed by atoms with Gasteiger partial charge in [-0.3, -0.25) is 0 Å². The minimum atomic E-state index is -0.291. The molecule has 1 unspecified atom stereocenters. The van der Waals surface area contributed by atoms with E-state index in [1.54, 1.807) is 0 Å². The Morgan fingerprint density at radius 3 is 2.44 bits per heavy atom. The average molecular weight is 255 g/mol. The Morgan fingerprint density at radius 1 is 1.11 bits per heavy atom. The van der Waals surface area contributed by atoms with Gasteiger partial charge >= 0.3 is 0 Å². The lowest BCUT2D eigenvalue weighted by molar-refractivity contribution is -0.00121. The molecule has 3 N–H and O–H groups in total. The van der Waals surface area contributed by atoms with Crippen LogP contribution in [0.1, 0.15) is 64.2 Å². The number of aliphatic hydroxyl groups is 1. The quantitative estimate of drug-likeness (QED) is 0.767. The van der Waals surface area contributed by atoms with E-state index in [-0.39, 0.29) is 11.6 Å². The van der Waals surface area contributed by atoms with Crippen molar-refractivity contribution in [1.82, 2.24) is 0 Å². The van der Waals surface area contributed by atoms with Crippen molar-refractivity contribution in [3.8, 4) is 0 Å². The Morgan fingerprint density at radius 2 is 1.78 bits per heavy atom. The largest absolute Gasteiger partial charge is 0.391 e. The fraction of sp³-hybridized carbons (Fsp3) is 1.00. The Labute approximate surface area is 111 Å². The van der Waals surface area contributed by atoms with E-state index in [1.165, 1.54) is 44.9 Å². The van der Waals surface area contributed by atoms with Gasteiger partial charge in [0.2, 0.25) is 0 Å². The van der Waals surface area contributed by atoms with Crippen LogP contribution in [-0.4, -0.2) is 30.0 Å². The van der Waals surface area contributed by atoms with Gasteiger partial charge in [0.25, 0.3) is 0 Å². The highest BCUT2D eigenvalue weighted by molar-refractivity contribution is 4.87. The predicted molar refractivity (Wildman–Crippen MR) is 73.4 cm³/mol. The molecular weight excluding hydrogens is 226 g/mol. The summed E-state index contributed by atoms with van der Waals surface area (Å²) in [6.07, 6.45) is 11.8. The molecule has 0 heterocycles. The average Bonchev–Trinajstić information content (AvgIpc) is 2.82. The van der Waals surface area contributed by atoms with E-state index < -0.39 is 0 Å². The minimum absolute atomic E-state index is 0.120. The van der Waals surface area contributed by atoms with Gasteiger partial charge in [-0.15, -0.1) is 0 Å². The summed E-state index contributed by atoms with van der Waals surface area (Å²) < 4.78 is 5.67. The molecule has 0 aromatic rings. The number of rotatable bonds is 6. The number of hydrogen-bond donors (Lipinski definition) is 2. The van der Waals surface area contributed by atoms with Gasteiger partial charge in [-0.05, 0) is 25.2 Å². The molecule has 2 aliphatic carbocycles. The van der Waals surface area contributed by atoms with Crippen LogP contribution in [0.5, 0.6) is 0 Å². The van der Waals surface area contributed by atoms with Crippen molar-refractivity contribution in [3.05, 3.63) is 0 Å². The van der Waals surface area contributed by atoms with Crippen LogP contribution in [-0.2, 0) is 4.74 Å². The van der Waals surface area contributed by atoms with Gasteiger partial charge in [0.15, 0.2) is 0 Å². The number of hydrogen-bond acceptors (Lipinski definition) is 3. The summed E-state index contributed by atoms with van der Waals surface area (Å²) in [5.41, 5.74) is 6.18. The van der Waals surface area contributed by atoms with Crippen LogP contribution in [0.25, 0.3) is 0 Å². The number of aliphatic hydroxyl groups excluding tert-OH is 1. The lowest BCUT2D eigenvalue weighted by Crippen LogP contribution is -2.46. The zero-order valence-corrected chi connectivity index (χ0v) is 11.6. The maximum absolute atomic E-state index is 9.96. The third-order valence-corrected chi connectivity index (χ3v) is 4.63. The zero-order chi connectivity index (χ0) is 12.8. The topological polar surface area (TPSA) is 55.5 Å². The van der Waals surface area contributed by atoms with Gasteiger partial charge in [-0.25, -0.2) is 0 Å². The molecule has 3 nitrogen and oxygen atoms in total. The van der Waals surface area contributed by atoms with Crippen molar-refractivity contribution in [3.63, 3.8) is 0 Å². The Balaban J connectivity index is 1.58. The van der Waals surface area contributed by atoms with Crippen LogP contribution in [0.3, 0.4) is 0 Å². The van der Waals surface area contributed by atoms with Crippen LogP contribution >= 0.6 is 0 Å². The number of ether oxygens (including phenoxy) is 1. The van der Waals surface area contributed by atoms with Gasteiger partial charge in [-0.2, -0.15) is 0 Å². The van der Waals surface area contributed by atoms with Crippen molar-refractivity contribution < 1.29 is 9.84 Å². The molecule has 0 radical (unpaired) electrons. The first kappa shape index (κ1) is 14.3. The summed E-state index contributed by atoms with van der Waals surface area (Å²) in [4.78, 5) is 0. The first-order valence-electron chi connectivity index (χ1n) is 7.73. The summed E-state index contributed by atoms with van der Waals surface area (Å²) in [7, 11) is 0. The highest BCUT2D eigenvalue weighted by atomic mass is 16.5. The van der Waals surface area contributed by atoms with Crippen molar-refractivity contribution in [1.29, 1.82) is 0 Å². The molecular formula is C15H29NO2. The monoisotopic (exact) mass is 255 g/mol. The lowest BCUT2D eigenvalue weighted by Gasteiger charge is -2.33. The Hall–Kier alpha value is -0.120. The fourth-order valence-corrected chi connectivity index (χ4v) is 3.50. The van der Waals surface area contributed by atoms with Crippen LogP contribution in [0.15, 0.2) is 0 Å². The van der Waals surface area contributed by atoms with Crippen LogP contribution in [0.2, 0.25) is 0 Å². The van der Waals surface area contributed by atoms with Crippen molar-refractivity contribution >= 4 is 0 Å². The van der Waals surface area contributed by atoms with E-state index in [9.17, 15) is 5.11 Å². The minimum Gasteiger partial charge on any atom is -0.391 e. The lowest BCUT2D eigenvalue weighted by atomic mass is 9.83. The molecule has 2 rings (SSSR count). The maximum Gasteiger partial charge on any atom is 0.0776 e. The molecule has 0 aromatic heterocycles. The summed E-state index contributed by atoms with van der Waals surface area (Å²) in [5.74, 6) is 0.727. The molecule has 0 saturated heterocycles. The zero-order valence-electron chi connectivity index (χ0n) is 11.6. The summed E-state index contributed by atoms with van der Waals surface area (Å²) >= 11 is 0. The van der Waals surface area contributed by atoms with E-state index in [2.05, 4.69) is 0 Å². The first-order valence-corrected chi connectivity index (χ1v) is 7.73. The molecule has 2 saturated carbocycles. The van der Waals surface area contributed by atoms with Crippen LogP contribution < -0.4 is 5.73 Å². The van der Waals surface area contributed by atoms with E-state index in [0.717, 1.165) is 25.2 Å². The van der Waals surface area contributed by atoms with Gasteiger partial charge in [0.05, 0.1) is 19.3 Å². The smallest absolute Gasteiger partial charge is 0.0776 e. The van der Waals surface area contributed by atoms with Gasteiger partial charge in [0, 0.05) is 5.54 Å². The molecule has 0 aliphatic heterocycles. The molecule has 106 valence electrons. The van der Waals surface area contributed by atoms with Crippen LogP contribution in [0, 0.1) is 5.92 Å². The van der Waals surface area contributed by atoms with Gasteiger partial charge in [-0.1, -0.05) is 44.9 Å². The molecule has 18 heavy (non-hydrogen) atoms. The first-order chi connectivity index (χ1) is 8.68. The second-order valence-electron chi connectivity index (χ2n) is 6.48. The second kappa shape index (κ2) is 6.88. The molecule has 2 aliphatic rings. The SMILES string of the molecule is NC1(COCC(O)CC2CCCC2)CCCCC1. The van der Waals surface area contributed by atoms with E-state index >= 15 is 0 Å². The second-order valence-corrected chi connectivity index (χ2v) is 6.48. The van der Waals surface area contributed by atoms with Crippen LogP contribution in [0.4, 0.5) is 0 Å². The summed E-state index contributed by atoms with van der Waals surface area (Å²) in [5, 5.41) is 9.96. The summed E-state index contributed by atoms with van der Waals surface area (Å²) in [6.45, 7) is 1.09. The van der Waals surface area contributed by atoms with E-state index in [4.69, 9.17) is 10.5 Å². The predicted octanol–water partition coefficient (Wildman–Crippen LogP) is 2.61. The Kier molecular flexibility index (Phi) is 5.46. The summed E-state index contributed by atoms with van der Waals surface area (Å²) in [6, 6.07) is 0. The fourth-order valence-electron chi connectivity index (χ4n) is 3.50. The molecule has 2 fully saturated rings. The van der Waals surface area contributed by atoms with Crippen molar-refractivity contribution in [2.24, 2.45) is 11.7 Å². The highest BCUT2D eigenvalue weighted by Gasteiger charge is 2.28. The third-order valence-electron chi connectivity index (χ3n) is 4.63. The maximum atomic E-state index is 9.96. The normalized spacial score (nSPS) is 26.3. The van der Waals surface area contributed by atoms with Crippen molar-refractivity contribution in [2.45, 2.75) is 75.9 Å². The molecule has 1 atom stereocenters. The highest BCUT2D eigenvalue weighted by Crippen LogP contribution is 2.29. The number of nitrogens with two attached hydrogens (primary N) is 1.